The lowest BCUT2D eigenvalue weighted by molar-refractivity contribution is 0.670. The number of para-hydroxylation sites is 3. The van der Waals surface area contributed by atoms with Crippen LogP contribution < -0.4 is 4.90 Å². The normalized spacial score (nSPS) is 11.8. The number of nitrogens with zero attached hydrogens (tertiary/aromatic N) is 2. The monoisotopic (exact) mass is 834 g/mol. The third kappa shape index (κ3) is 5.95. The molecule has 0 bridgehead atoms. The van der Waals surface area contributed by atoms with Gasteiger partial charge in [0.2, 0.25) is 0 Å². The average molecular weight is 835 g/mol. The maximum atomic E-state index is 6.52. The molecular weight excluding hydrogens is 797 g/mol. The molecule has 64 heavy (non-hydrogen) atoms. The van der Waals surface area contributed by atoms with Gasteiger partial charge in [-0.3, -0.25) is 0 Å². The summed E-state index contributed by atoms with van der Waals surface area (Å²) in [6.45, 7) is 0. The first kappa shape index (κ1) is 36.5. The molecule has 13 aromatic rings. The molecule has 4 heteroatoms. The molecule has 0 aliphatic carbocycles. The number of hydrogen-bond donors (Lipinski definition) is 0. The summed E-state index contributed by atoms with van der Waals surface area (Å²) in [6.07, 6.45) is 0. The van der Waals surface area contributed by atoms with Crippen LogP contribution in [0.5, 0.6) is 0 Å². The molecule has 3 heterocycles. The van der Waals surface area contributed by atoms with E-state index in [1.54, 1.807) is 0 Å². The quantitative estimate of drug-likeness (QED) is 0.159. The van der Waals surface area contributed by atoms with Crippen LogP contribution in [0.3, 0.4) is 0 Å². The maximum absolute atomic E-state index is 6.52. The molecule has 0 saturated heterocycles. The zero-order valence-corrected chi connectivity index (χ0v) is 35.5. The van der Waals surface area contributed by atoms with Crippen molar-refractivity contribution in [2.45, 2.75) is 0 Å². The minimum Gasteiger partial charge on any atom is -0.455 e. The van der Waals surface area contributed by atoms with Crippen LogP contribution in [0.2, 0.25) is 0 Å². The van der Waals surface area contributed by atoms with E-state index < -0.39 is 0 Å². The van der Waals surface area contributed by atoms with Gasteiger partial charge in [-0.05, 0) is 119 Å². The topological polar surface area (TPSA) is 21.3 Å². The summed E-state index contributed by atoms with van der Waals surface area (Å²) < 4.78 is 11.5. The van der Waals surface area contributed by atoms with Gasteiger partial charge in [0.05, 0.1) is 11.0 Å². The van der Waals surface area contributed by atoms with Crippen LogP contribution in [0.1, 0.15) is 0 Å². The van der Waals surface area contributed by atoms with Crippen molar-refractivity contribution >= 4 is 92.3 Å². The Balaban J connectivity index is 0.921. The molecule has 0 aliphatic heterocycles. The first-order valence-corrected chi connectivity index (χ1v) is 22.6. The number of furan rings is 1. The molecule has 0 aliphatic rings. The Morgan fingerprint density at radius 1 is 0.344 bits per heavy atom. The highest BCUT2D eigenvalue weighted by Crippen LogP contribution is 2.43. The Kier molecular flexibility index (Phi) is 8.40. The standard InChI is InChI=1S/C60H38N2OS/c1-3-12-41(13-4-1)48-18-11-19-51-53-36-42(26-34-57(53)63-60(48)51)39-22-28-45(29-23-39)61(46-30-24-40(25-31-46)43-27-35-59-54(37-43)50-17-8-10-21-58(50)64-59)47-32-33-56-52(38-47)49-16-7-9-20-55(49)62(56)44-14-5-2-6-15-44/h1-38H. The molecule has 300 valence electrons. The Hall–Kier alpha value is -8.18. The predicted octanol–water partition coefficient (Wildman–Crippen LogP) is 17.5. The number of hydrogen-bond acceptors (Lipinski definition) is 3. The van der Waals surface area contributed by atoms with Gasteiger partial charge in [0.15, 0.2) is 0 Å². The predicted molar refractivity (Wildman–Crippen MR) is 272 cm³/mol. The number of benzene rings is 10. The highest BCUT2D eigenvalue weighted by atomic mass is 32.1. The number of fused-ring (bicyclic) bond motifs is 9. The van der Waals surface area contributed by atoms with E-state index in [9.17, 15) is 0 Å². The van der Waals surface area contributed by atoms with E-state index in [1.165, 1.54) is 53.1 Å². The Morgan fingerprint density at radius 2 is 0.922 bits per heavy atom. The molecule has 0 amide bonds. The van der Waals surface area contributed by atoms with Crippen molar-refractivity contribution in [1.29, 1.82) is 0 Å². The van der Waals surface area contributed by atoms with Crippen LogP contribution in [0.4, 0.5) is 17.1 Å². The molecule has 0 N–H and O–H groups in total. The summed E-state index contributed by atoms with van der Waals surface area (Å²) in [6, 6.07) is 83.4. The van der Waals surface area contributed by atoms with Crippen molar-refractivity contribution in [2.75, 3.05) is 4.90 Å². The van der Waals surface area contributed by atoms with Crippen molar-refractivity contribution in [3.05, 3.63) is 231 Å². The largest absolute Gasteiger partial charge is 0.455 e. The second-order valence-electron chi connectivity index (χ2n) is 16.5. The van der Waals surface area contributed by atoms with Crippen LogP contribution in [0.15, 0.2) is 235 Å². The van der Waals surface area contributed by atoms with E-state index in [-0.39, 0.29) is 0 Å². The summed E-state index contributed by atoms with van der Waals surface area (Å²) >= 11 is 1.86. The highest BCUT2D eigenvalue weighted by Gasteiger charge is 2.19. The number of anilines is 3. The van der Waals surface area contributed by atoms with Crippen LogP contribution >= 0.6 is 11.3 Å². The van der Waals surface area contributed by atoms with Crippen molar-refractivity contribution in [3.8, 4) is 39.1 Å². The zero-order valence-electron chi connectivity index (χ0n) is 34.7. The van der Waals surface area contributed by atoms with Gasteiger partial charge in [-0.25, -0.2) is 0 Å². The molecule has 0 fully saturated rings. The molecule has 0 atom stereocenters. The Bertz CT molecular complexity index is 3880. The lowest BCUT2D eigenvalue weighted by atomic mass is 10.00. The van der Waals surface area contributed by atoms with E-state index in [0.717, 1.165) is 66.9 Å². The smallest absolute Gasteiger partial charge is 0.143 e. The molecule has 0 spiro atoms. The first-order chi connectivity index (χ1) is 31.7. The van der Waals surface area contributed by atoms with Crippen molar-refractivity contribution in [3.63, 3.8) is 0 Å². The van der Waals surface area contributed by atoms with E-state index in [0.29, 0.717) is 0 Å². The van der Waals surface area contributed by atoms with Gasteiger partial charge in [-0.2, -0.15) is 0 Å². The van der Waals surface area contributed by atoms with E-state index in [1.807, 2.05) is 17.4 Å². The molecule has 0 unspecified atom stereocenters. The third-order valence-corrected chi connectivity index (χ3v) is 14.0. The van der Waals surface area contributed by atoms with Gasteiger partial charge in [-0.1, -0.05) is 140 Å². The second kappa shape index (κ2) is 14.7. The maximum Gasteiger partial charge on any atom is 0.143 e. The molecule has 10 aromatic carbocycles. The van der Waals surface area contributed by atoms with E-state index in [2.05, 4.69) is 234 Å². The number of thiophene rings is 1. The number of rotatable bonds is 7. The minimum atomic E-state index is 0.890. The number of aromatic nitrogens is 1. The van der Waals surface area contributed by atoms with Crippen LogP contribution in [0, 0.1) is 0 Å². The van der Waals surface area contributed by atoms with Crippen LogP contribution in [-0.2, 0) is 0 Å². The van der Waals surface area contributed by atoms with Crippen LogP contribution in [-0.4, -0.2) is 4.57 Å². The van der Waals surface area contributed by atoms with Gasteiger partial charge < -0.3 is 13.9 Å². The lowest BCUT2D eigenvalue weighted by Crippen LogP contribution is -2.10. The highest BCUT2D eigenvalue weighted by molar-refractivity contribution is 7.25. The molecule has 13 rings (SSSR count). The summed E-state index contributed by atoms with van der Waals surface area (Å²) in [5.41, 5.74) is 15.5. The summed E-state index contributed by atoms with van der Waals surface area (Å²) in [4.78, 5) is 2.38. The first-order valence-electron chi connectivity index (χ1n) is 21.7. The molecule has 3 aromatic heterocycles. The summed E-state index contributed by atoms with van der Waals surface area (Å²) in [5, 5.41) is 7.30. The van der Waals surface area contributed by atoms with Crippen LogP contribution in [0.25, 0.3) is 103 Å². The average Bonchev–Trinajstić information content (AvgIpc) is 4.04. The lowest BCUT2D eigenvalue weighted by Gasteiger charge is -2.26. The summed E-state index contributed by atoms with van der Waals surface area (Å²) in [7, 11) is 0. The fourth-order valence-electron chi connectivity index (χ4n) is 9.74. The van der Waals surface area contributed by atoms with Crippen molar-refractivity contribution < 1.29 is 4.42 Å². The molecule has 3 nitrogen and oxygen atoms in total. The van der Waals surface area contributed by atoms with Gasteiger partial charge in [0.1, 0.15) is 11.2 Å². The Morgan fingerprint density at radius 3 is 1.69 bits per heavy atom. The molecule has 0 saturated carbocycles. The third-order valence-electron chi connectivity index (χ3n) is 12.8. The van der Waals surface area contributed by atoms with Crippen molar-refractivity contribution in [1.82, 2.24) is 4.57 Å². The van der Waals surface area contributed by atoms with Gasteiger partial charge in [0.25, 0.3) is 0 Å². The fraction of sp³-hybridized carbons (Fsp3) is 0. The molecular formula is C60H38N2OS. The van der Waals surface area contributed by atoms with Gasteiger partial charge >= 0.3 is 0 Å². The Labute approximate surface area is 373 Å². The van der Waals surface area contributed by atoms with E-state index >= 15 is 0 Å². The van der Waals surface area contributed by atoms with Gasteiger partial charge in [0, 0.05) is 70.0 Å². The zero-order chi connectivity index (χ0) is 42.1. The SMILES string of the molecule is c1ccc(-c2cccc3c2oc2ccc(-c4ccc(N(c5ccc(-c6ccc7sc8ccccc8c7c6)cc5)c5ccc6c(c5)c5ccccc5n6-c5ccccc5)cc4)cc23)cc1. The van der Waals surface area contributed by atoms with E-state index in [4.69, 9.17) is 4.42 Å². The summed E-state index contributed by atoms with van der Waals surface area (Å²) in [5.74, 6) is 0. The fourth-order valence-corrected chi connectivity index (χ4v) is 10.8. The minimum absolute atomic E-state index is 0.890. The second-order valence-corrected chi connectivity index (χ2v) is 17.6. The molecule has 0 radical (unpaired) electrons. The van der Waals surface area contributed by atoms with Gasteiger partial charge in [-0.15, -0.1) is 11.3 Å². The van der Waals surface area contributed by atoms with Crippen molar-refractivity contribution in [2.24, 2.45) is 0 Å².